The van der Waals surface area contributed by atoms with Crippen molar-refractivity contribution in [3.63, 3.8) is 0 Å². The number of halogens is 1. The highest BCUT2D eigenvalue weighted by Crippen LogP contribution is 2.36. The summed E-state index contributed by atoms with van der Waals surface area (Å²) in [6.07, 6.45) is -0.147. The van der Waals surface area contributed by atoms with Gasteiger partial charge < -0.3 is 29.5 Å². The average Bonchev–Trinajstić information content (AvgIpc) is 2.92. The van der Waals surface area contributed by atoms with Crippen LogP contribution in [0.2, 0.25) is 0 Å². The van der Waals surface area contributed by atoms with Crippen molar-refractivity contribution >= 4 is 12.0 Å². The van der Waals surface area contributed by atoms with Crippen LogP contribution in [-0.4, -0.2) is 66.6 Å². The second-order valence-electron chi connectivity index (χ2n) is 8.56. The molecule has 2 atom stereocenters. The van der Waals surface area contributed by atoms with Crippen molar-refractivity contribution < 1.29 is 33.3 Å². The van der Waals surface area contributed by atoms with Gasteiger partial charge in [-0.3, -0.25) is 4.79 Å². The lowest BCUT2D eigenvalue weighted by molar-refractivity contribution is -0.0122. The van der Waals surface area contributed by atoms with Crippen LogP contribution in [0.15, 0.2) is 12.1 Å². The molecule has 2 N–H and O–H groups in total. The molecule has 1 saturated heterocycles. The molecule has 1 fully saturated rings. The van der Waals surface area contributed by atoms with Crippen LogP contribution >= 0.6 is 0 Å². The van der Waals surface area contributed by atoms with E-state index < -0.39 is 29.5 Å². The lowest BCUT2D eigenvalue weighted by Crippen LogP contribution is -2.50. The summed E-state index contributed by atoms with van der Waals surface area (Å²) in [5.74, 6) is -1.17. The number of β-amino-alcohol motifs (C(OH)–C–C–N with tert-alkyl or cyclic N) is 1. The maximum Gasteiger partial charge on any atom is 0.410 e. The van der Waals surface area contributed by atoms with Crippen molar-refractivity contribution in [2.45, 2.75) is 45.3 Å². The minimum absolute atomic E-state index is 0.0501. The Bertz CT molecular complexity index is 794. The lowest BCUT2D eigenvalue weighted by atomic mass is 9.94. The van der Waals surface area contributed by atoms with E-state index in [-0.39, 0.29) is 36.1 Å². The predicted molar refractivity (Wildman–Crippen MR) is 106 cm³/mol. The molecular weight excluding hydrogens is 395 g/mol. The third kappa shape index (κ3) is 5.33. The maximum atomic E-state index is 14.0. The molecule has 2 aliphatic rings. The first kappa shape index (κ1) is 22.1. The zero-order valence-electron chi connectivity index (χ0n) is 17.6. The molecule has 3 rings (SSSR count). The van der Waals surface area contributed by atoms with E-state index in [1.807, 2.05) is 0 Å². The maximum absolute atomic E-state index is 14.0. The number of hydrogen-bond donors (Lipinski definition) is 2. The van der Waals surface area contributed by atoms with Crippen LogP contribution < -0.4 is 14.8 Å². The summed E-state index contributed by atoms with van der Waals surface area (Å²) in [6, 6.07) is 2.54. The number of benzene rings is 1. The number of nitrogens with one attached hydrogen (secondary N) is 1. The molecule has 8 nitrogen and oxygen atoms in total. The topological polar surface area (TPSA) is 97.3 Å². The zero-order chi connectivity index (χ0) is 21.9. The zero-order valence-corrected chi connectivity index (χ0v) is 17.6. The first-order valence-electron chi connectivity index (χ1n) is 10.2. The summed E-state index contributed by atoms with van der Waals surface area (Å²) in [5, 5.41) is 13.2. The number of piperidine rings is 1. The summed E-state index contributed by atoms with van der Waals surface area (Å²) in [4.78, 5) is 26.3. The average molecular weight is 424 g/mol. The van der Waals surface area contributed by atoms with E-state index >= 15 is 0 Å². The molecule has 0 saturated carbocycles. The fourth-order valence-corrected chi connectivity index (χ4v) is 3.43. The Morgan fingerprint density at radius 3 is 2.63 bits per heavy atom. The van der Waals surface area contributed by atoms with Crippen LogP contribution in [0.4, 0.5) is 9.18 Å². The first-order chi connectivity index (χ1) is 14.2. The van der Waals surface area contributed by atoms with E-state index in [9.17, 15) is 19.1 Å². The van der Waals surface area contributed by atoms with Gasteiger partial charge in [-0.15, -0.1) is 0 Å². The monoisotopic (exact) mass is 424 g/mol. The number of carbonyl (C=O) groups excluding carboxylic acids is 2. The van der Waals surface area contributed by atoms with Gasteiger partial charge >= 0.3 is 6.09 Å². The molecule has 0 aromatic heterocycles. The van der Waals surface area contributed by atoms with E-state index in [4.69, 9.17) is 14.2 Å². The van der Waals surface area contributed by atoms with Crippen LogP contribution in [0, 0.1) is 11.7 Å². The molecule has 9 heteroatoms. The van der Waals surface area contributed by atoms with Crippen LogP contribution in [0.3, 0.4) is 0 Å². The molecular formula is C21H29FN2O6. The molecule has 1 aromatic rings. The van der Waals surface area contributed by atoms with Gasteiger partial charge in [0.25, 0.3) is 5.91 Å². The van der Waals surface area contributed by atoms with Gasteiger partial charge in [0.2, 0.25) is 0 Å². The summed E-state index contributed by atoms with van der Waals surface area (Å²) < 4.78 is 30.3. The van der Waals surface area contributed by atoms with Gasteiger partial charge in [-0.25, -0.2) is 9.18 Å². The molecule has 0 unspecified atom stereocenters. The van der Waals surface area contributed by atoms with Crippen molar-refractivity contribution in [1.29, 1.82) is 0 Å². The third-order valence-corrected chi connectivity index (χ3v) is 4.99. The fraction of sp³-hybridized carbons (Fsp3) is 0.619. The predicted octanol–water partition coefficient (Wildman–Crippen LogP) is 2.33. The highest BCUT2D eigenvalue weighted by Gasteiger charge is 2.33. The number of hydrogen-bond acceptors (Lipinski definition) is 6. The smallest absolute Gasteiger partial charge is 0.410 e. The number of aliphatic hydroxyl groups is 1. The second kappa shape index (κ2) is 9.07. The number of fused-ring (bicyclic) bond motifs is 1. The molecule has 0 bridgehead atoms. The van der Waals surface area contributed by atoms with Crippen molar-refractivity contribution in [1.82, 2.24) is 10.2 Å². The van der Waals surface area contributed by atoms with Crippen molar-refractivity contribution in [3.05, 3.63) is 23.5 Å². The SMILES string of the molecule is CC(C)(C)OC(=O)N1CC[C@@H](CNC(=O)c2ccc(F)c3c2OCCCO3)[C@H](O)C1. The van der Waals surface area contributed by atoms with Crippen molar-refractivity contribution in [2.24, 2.45) is 5.92 Å². The number of rotatable bonds is 3. The van der Waals surface area contributed by atoms with Gasteiger partial charge in [-0.05, 0) is 39.3 Å². The Morgan fingerprint density at radius 1 is 1.27 bits per heavy atom. The highest BCUT2D eigenvalue weighted by molar-refractivity contribution is 5.97. The third-order valence-electron chi connectivity index (χ3n) is 4.99. The largest absolute Gasteiger partial charge is 0.489 e. The van der Waals surface area contributed by atoms with Gasteiger partial charge in [0.1, 0.15) is 5.60 Å². The van der Waals surface area contributed by atoms with Gasteiger partial charge in [-0.2, -0.15) is 0 Å². The lowest BCUT2D eigenvalue weighted by Gasteiger charge is -2.36. The van der Waals surface area contributed by atoms with Crippen LogP contribution in [-0.2, 0) is 4.74 Å². The van der Waals surface area contributed by atoms with E-state index in [1.165, 1.54) is 17.0 Å². The number of amides is 2. The van der Waals surface area contributed by atoms with Gasteiger partial charge in [0.15, 0.2) is 17.3 Å². The van der Waals surface area contributed by atoms with E-state index in [1.54, 1.807) is 20.8 Å². The molecule has 30 heavy (non-hydrogen) atoms. The summed E-state index contributed by atoms with van der Waals surface area (Å²) in [5.41, 5.74) is -0.416. The minimum atomic E-state index is -0.795. The molecule has 2 heterocycles. The van der Waals surface area contributed by atoms with Crippen molar-refractivity contribution in [3.8, 4) is 11.5 Å². The minimum Gasteiger partial charge on any atom is -0.489 e. The molecule has 1 aromatic carbocycles. The van der Waals surface area contributed by atoms with Crippen molar-refractivity contribution in [2.75, 3.05) is 32.8 Å². The normalized spacial score (nSPS) is 21.6. The molecule has 0 spiro atoms. The second-order valence-corrected chi connectivity index (χ2v) is 8.56. The molecule has 2 amide bonds. The highest BCUT2D eigenvalue weighted by atomic mass is 19.1. The van der Waals surface area contributed by atoms with E-state index in [0.29, 0.717) is 32.6 Å². The summed E-state index contributed by atoms with van der Waals surface area (Å²) in [7, 11) is 0. The Kier molecular flexibility index (Phi) is 6.70. The van der Waals surface area contributed by atoms with Crippen LogP contribution in [0.25, 0.3) is 0 Å². The first-order valence-corrected chi connectivity index (χ1v) is 10.2. The quantitative estimate of drug-likeness (QED) is 0.773. The van der Waals surface area contributed by atoms with E-state index in [0.717, 1.165) is 0 Å². The van der Waals surface area contributed by atoms with Gasteiger partial charge in [0.05, 0.1) is 31.4 Å². The van der Waals surface area contributed by atoms with Crippen LogP contribution in [0.5, 0.6) is 11.5 Å². The Balaban J connectivity index is 1.58. The van der Waals surface area contributed by atoms with E-state index in [2.05, 4.69) is 5.32 Å². The molecule has 0 radical (unpaired) electrons. The fourth-order valence-electron chi connectivity index (χ4n) is 3.43. The molecule has 0 aliphatic carbocycles. The number of ether oxygens (including phenoxy) is 3. The standard InChI is InChI=1S/C21H29FN2O6/c1-21(2,3)30-20(27)24-8-7-13(16(25)12-24)11-23-19(26)14-5-6-15(22)18-17(14)28-9-4-10-29-18/h5-6,13,16,25H,4,7-12H2,1-3H3,(H,23,26)/t13-,16+/m0/s1. The number of likely N-dealkylation sites (tertiary alicyclic amines) is 1. The van der Waals surface area contributed by atoms with Gasteiger partial charge in [-0.1, -0.05) is 0 Å². The Morgan fingerprint density at radius 2 is 1.97 bits per heavy atom. The molecule has 166 valence electrons. The number of carbonyl (C=O) groups is 2. The van der Waals surface area contributed by atoms with Crippen LogP contribution in [0.1, 0.15) is 44.0 Å². The van der Waals surface area contributed by atoms with Gasteiger partial charge in [0, 0.05) is 25.4 Å². The number of nitrogens with zero attached hydrogens (tertiary/aromatic N) is 1. The Hall–Kier alpha value is -2.55. The summed E-state index contributed by atoms with van der Waals surface area (Å²) in [6.45, 7) is 6.79. The Labute approximate surface area is 175 Å². The number of aliphatic hydroxyl groups excluding tert-OH is 1. The molecule has 2 aliphatic heterocycles. The summed E-state index contributed by atoms with van der Waals surface area (Å²) >= 11 is 0.